The first-order chi connectivity index (χ1) is 17.5. The van der Waals surface area contributed by atoms with Crippen molar-refractivity contribution in [1.29, 1.82) is 0 Å². The van der Waals surface area contributed by atoms with E-state index >= 15 is 0 Å². The third-order valence-electron chi connectivity index (χ3n) is 5.26. The number of hydrogen-bond donors (Lipinski definition) is 1. The summed E-state index contributed by atoms with van der Waals surface area (Å²) in [6.07, 6.45) is 3.16. The number of nitrogens with one attached hydrogen (secondary N) is 1. The number of methoxy groups -OCH3 is 2. The van der Waals surface area contributed by atoms with E-state index < -0.39 is 5.97 Å². The van der Waals surface area contributed by atoms with Gasteiger partial charge in [-0.05, 0) is 48.0 Å². The van der Waals surface area contributed by atoms with Crippen LogP contribution in [0.15, 0.2) is 89.5 Å². The zero-order valence-electron chi connectivity index (χ0n) is 19.6. The summed E-state index contributed by atoms with van der Waals surface area (Å²) in [4.78, 5) is 36.7. The topological polar surface area (TPSA) is 108 Å². The van der Waals surface area contributed by atoms with Crippen LogP contribution >= 0.6 is 0 Å². The van der Waals surface area contributed by atoms with Crippen molar-refractivity contribution in [3.8, 4) is 17.1 Å². The largest absolute Gasteiger partial charge is 0.497 e. The molecule has 8 nitrogen and oxygen atoms in total. The first-order valence-corrected chi connectivity index (χ1v) is 10.9. The summed E-state index contributed by atoms with van der Waals surface area (Å²) in [7, 11) is 2.81. The monoisotopic (exact) mass is 482 g/mol. The molecule has 1 heterocycles. The van der Waals surface area contributed by atoms with E-state index in [4.69, 9.17) is 9.26 Å². The van der Waals surface area contributed by atoms with Gasteiger partial charge in [-0.2, -0.15) is 0 Å². The number of aromatic nitrogens is 1. The highest BCUT2D eigenvalue weighted by molar-refractivity contribution is 6.07. The van der Waals surface area contributed by atoms with Gasteiger partial charge in [0.1, 0.15) is 5.75 Å². The highest BCUT2D eigenvalue weighted by Gasteiger charge is 2.14. The Kier molecular flexibility index (Phi) is 7.36. The predicted molar refractivity (Wildman–Crippen MR) is 134 cm³/mol. The van der Waals surface area contributed by atoms with E-state index in [2.05, 4.69) is 15.2 Å². The van der Waals surface area contributed by atoms with Gasteiger partial charge in [0.25, 0.3) is 5.91 Å². The number of anilines is 1. The van der Waals surface area contributed by atoms with Crippen molar-refractivity contribution < 1.29 is 28.4 Å². The fourth-order valence-corrected chi connectivity index (χ4v) is 3.36. The second-order valence-corrected chi connectivity index (χ2v) is 7.65. The van der Waals surface area contributed by atoms with E-state index in [1.807, 2.05) is 0 Å². The SMILES string of the molecule is COC(=O)c1cc(-c2cccc(NC(=O)c3ccc(/C=C/C(=O)c4cccc(OC)c4)cc3)c2)on1. The number of amides is 1. The lowest BCUT2D eigenvalue weighted by molar-refractivity contribution is 0.0589. The van der Waals surface area contributed by atoms with Crippen molar-refractivity contribution in [2.75, 3.05) is 19.5 Å². The van der Waals surface area contributed by atoms with Gasteiger partial charge in [-0.25, -0.2) is 4.79 Å². The van der Waals surface area contributed by atoms with Gasteiger partial charge in [0, 0.05) is 28.4 Å². The lowest BCUT2D eigenvalue weighted by Crippen LogP contribution is -2.11. The number of hydrogen-bond acceptors (Lipinski definition) is 7. The minimum absolute atomic E-state index is 0.0567. The summed E-state index contributed by atoms with van der Waals surface area (Å²) in [5.74, 6) is -0.0745. The van der Waals surface area contributed by atoms with Crippen LogP contribution in [0.5, 0.6) is 5.75 Å². The molecule has 4 rings (SSSR count). The Morgan fingerprint density at radius 2 is 1.67 bits per heavy atom. The fraction of sp³-hybridized carbons (Fsp3) is 0.0714. The molecule has 1 aromatic heterocycles. The Labute approximate surface area is 207 Å². The molecule has 3 aromatic carbocycles. The van der Waals surface area contributed by atoms with Gasteiger partial charge in [0.05, 0.1) is 14.2 Å². The second-order valence-electron chi connectivity index (χ2n) is 7.65. The molecule has 0 aliphatic rings. The van der Waals surface area contributed by atoms with E-state index in [-0.39, 0.29) is 17.4 Å². The van der Waals surface area contributed by atoms with Crippen LogP contribution in [0.4, 0.5) is 5.69 Å². The average Bonchev–Trinajstić information content (AvgIpc) is 3.42. The maximum atomic E-state index is 12.7. The number of benzene rings is 3. The molecular weight excluding hydrogens is 460 g/mol. The summed E-state index contributed by atoms with van der Waals surface area (Å²) in [5.41, 5.74) is 2.98. The normalized spacial score (nSPS) is 10.7. The first kappa shape index (κ1) is 24.2. The van der Waals surface area contributed by atoms with Crippen molar-refractivity contribution >= 4 is 29.4 Å². The summed E-state index contributed by atoms with van der Waals surface area (Å²) in [6, 6.07) is 22.2. The lowest BCUT2D eigenvalue weighted by atomic mass is 10.1. The second kappa shape index (κ2) is 11.0. The molecule has 0 atom stereocenters. The van der Waals surface area contributed by atoms with Crippen molar-refractivity contribution in [2.45, 2.75) is 0 Å². The average molecular weight is 482 g/mol. The van der Waals surface area contributed by atoms with Crippen LogP contribution in [0.1, 0.15) is 36.8 Å². The Balaban J connectivity index is 1.41. The molecule has 0 unspecified atom stereocenters. The third-order valence-corrected chi connectivity index (χ3v) is 5.26. The fourth-order valence-electron chi connectivity index (χ4n) is 3.36. The number of ether oxygens (including phenoxy) is 2. The van der Waals surface area contributed by atoms with E-state index in [1.165, 1.54) is 19.3 Å². The van der Waals surface area contributed by atoms with Crippen LogP contribution < -0.4 is 10.1 Å². The molecule has 0 spiro atoms. The van der Waals surface area contributed by atoms with Crippen molar-refractivity contribution in [3.63, 3.8) is 0 Å². The van der Waals surface area contributed by atoms with Gasteiger partial charge < -0.3 is 19.3 Å². The summed E-state index contributed by atoms with van der Waals surface area (Å²) in [6.45, 7) is 0. The van der Waals surface area contributed by atoms with Crippen LogP contribution in [0.3, 0.4) is 0 Å². The standard InChI is InChI=1S/C28H22N2O6/c1-34-23-8-4-5-20(16-23)25(31)14-11-18-9-12-19(13-10-18)27(32)29-22-7-3-6-21(15-22)26-17-24(30-36-26)28(33)35-2/h3-17H,1-2H3,(H,29,32)/b14-11+. The molecule has 0 fully saturated rings. The number of esters is 1. The van der Waals surface area contributed by atoms with Gasteiger partial charge in [-0.15, -0.1) is 0 Å². The Morgan fingerprint density at radius 1 is 0.889 bits per heavy atom. The lowest BCUT2D eigenvalue weighted by Gasteiger charge is -2.07. The van der Waals surface area contributed by atoms with Crippen molar-refractivity contribution in [1.82, 2.24) is 5.16 Å². The minimum Gasteiger partial charge on any atom is -0.497 e. The highest BCUT2D eigenvalue weighted by atomic mass is 16.5. The first-order valence-electron chi connectivity index (χ1n) is 10.9. The molecule has 36 heavy (non-hydrogen) atoms. The molecule has 0 bridgehead atoms. The zero-order valence-corrected chi connectivity index (χ0v) is 19.6. The van der Waals surface area contributed by atoms with Crippen LogP contribution in [0.2, 0.25) is 0 Å². The summed E-state index contributed by atoms with van der Waals surface area (Å²) >= 11 is 0. The molecule has 1 amide bonds. The molecule has 1 N–H and O–H groups in total. The van der Waals surface area contributed by atoms with Gasteiger partial charge in [-0.1, -0.05) is 47.6 Å². The maximum absolute atomic E-state index is 12.7. The van der Waals surface area contributed by atoms with Gasteiger partial charge in [0.15, 0.2) is 17.2 Å². The highest BCUT2D eigenvalue weighted by Crippen LogP contribution is 2.24. The number of carbonyl (C=O) groups excluding carboxylic acids is 3. The molecule has 0 radical (unpaired) electrons. The summed E-state index contributed by atoms with van der Waals surface area (Å²) < 4.78 is 15.0. The van der Waals surface area contributed by atoms with Crippen molar-refractivity contribution in [3.05, 3.63) is 107 Å². The van der Waals surface area contributed by atoms with Crippen LogP contribution in [0.25, 0.3) is 17.4 Å². The minimum atomic E-state index is -0.600. The molecular formula is C28H22N2O6. The Hall–Kier alpha value is -4.98. The molecule has 0 saturated heterocycles. The Bertz CT molecular complexity index is 1440. The number of ketones is 1. The third kappa shape index (κ3) is 5.74. The summed E-state index contributed by atoms with van der Waals surface area (Å²) in [5, 5.41) is 6.53. The predicted octanol–water partition coefficient (Wildman–Crippen LogP) is 5.29. The number of allylic oxidation sites excluding steroid dienone is 1. The molecule has 180 valence electrons. The van der Waals surface area contributed by atoms with Crippen molar-refractivity contribution in [2.24, 2.45) is 0 Å². The molecule has 8 heteroatoms. The van der Waals surface area contributed by atoms with Gasteiger partial charge in [-0.3, -0.25) is 9.59 Å². The number of nitrogens with zero attached hydrogens (tertiary/aromatic N) is 1. The van der Waals surface area contributed by atoms with Crippen LogP contribution in [0, 0.1) is 0 Å². The van der Waals surface area contributed by atoms with Gasteiger partial charge in [0.2, 0.25) is 0 Å². The van der Waals surface area contributed by atoms with Gasteiger partial charge >= 0.3 is 5.97 Å². The van der Waals surface area contributed by atoms with E-state index in [0.29, 0.717) is 33.9 Å². The number of rotatable bonds is 8. The zero-order chi connectivity index (χ0) is 25.5. The quantitative estimate of drug-likeness (QED) is 0.207. The van der Waals surface area contributed by atoms with E-state index in [1.54, 1.807) is 86.0 Å². The van der Waals surface area contributed by atoms with E-state index in [0.717, 1.165) is 5.56 Å². The van der Waals surface area contributed by atoms with E-state index in [9.17, 15) is 14.4 Å². The maximum Gasteiger partial charge on any atom is 0.360 e. The molecule has 4 aromatic rings. The van der Waals surface area contributed by atoms with Crippen LogP contribution in [-0.4, -0.2) is 37.0 Å². The number of carbonyl (C=O) groups is 3. The molecule has 0 saturated carbocycles. The van der Waals surface area contributed by atoms with Crippen LogP contribution in [-0.2, 0) is 4.74 Å². The Morgan fingerprint density at radius 3 is 2.42 bits per heavy atom. The molecule has 0 aliphatic heterocycles. The smallest absolute Gasteiger partial charge is 0.360 e. The molecule has 0 aliphatic carbocycles.